The summed E-state index contributed by atoms with van der Waals surface area (Å²) >= 11 is 0. The molecule has 0 amide bonds. The van der Waals surface area contributed by atoms with E-state index in [0.29, 0.717) is 31.3 Å². The number of ether oxygens (including phenoxy) is 4. The highest BCUT2D eigenvalue weighted by Crippen LogP contribution is 2.34. The summed E-state index contributed by atoms with van der Waals surface area (Å²) in [7, 11) is 0. The minimum atomic E-state index is -1.37. The number of aliphatic hydroxyl groups excluding tert-OH is 3. The van der Waals surface area contributed by atoms with Gasteiger partial charge in [-0.3, -0.25) is 19.2 Å². The molecular formula is C43H64O11. The fourth-order valence-corrected chi connectivity index (χ4v) is 7.35. The second-order valence-electron chi connectivity index (χ2n) is 15.8. The van der Waals surface area contributed by atoms with Crippen LogP contribution in [0.25, 0.3) is 0 Å². The Morgan fingerprint density at radius 2 is 1.70 bits per heavy atom. The van der Waals surface area contributed by atoms with Crippen LogP contribution in [0.3, 0.4) is 0 Å². The Morgan fingerprint density at radius 1 is 1.00 bits per heavy atom. The van der Waals surface area contributed by atoms with Crippen molar-refractivity contribution < 1.29 is 53.4 Å². The van der Waals surface area contributed by atoms with Crippen LogP contribution in [-0.4, -0.2) is 93.8 Å². The smallest absolute Gasteiger partial charge is 0.309 e. The monoisotopic (exact) mass is 756 g/mol. The molecule has 4 bridgehead atoms. The number of hydrogen-bond donors (Lipinski definition) is 3. The Labute approximate surface area is 321 Å². The molecule has 3 rings (SSSR count). The van der Waals surface area contributed by atoms with E-state index in [-0.39, 0.29) is 48.7 Å². The van der Waals surface area contributed by atoms with E-state index in [4.69, 9.17) is 18.9 Å². The van der Waals surface area contributed by atoms with E-state index in [1.54, 1.807) is 45.1 Å². The van der Waals surface area contributed by atoms with Crippen LogP contribution < -0.4 is 0 Å². The van der Waals surface area contributed by atoms with Crippen LogP contribution in [0.2, 0.25) is 0 Å². The Hall–Kier alpha value is -3.22. The largest absolute Gasteiger partial charge is 0.455 e. The average Bonchev–Trinajstić information content (AvgIpc) is 3.72. The molecule has 12 atom stereocenters. The number of hydrogen-bond acceptors (Lipinski definition) is 11. The fraction of sp³-hybridized carbons (Fsp3) is 0.674. The predicted molar refractivity (Wildman–Crippen MR) is 205 cm³/mol. The van der Waals surface area contributed by atoms with Crippen molar-refractivity contribution in [3.63, 3.8) is 0 Å². The van der Waals surface area contributed by atoms with Crippen LogP contribution >= 0.6 is 0 Å². The van der Waals surface area contributed by atoms with Crippen LogP contribution in [0.1, 0.15) is 113 Å². The Bertz CT molecular complexity index is 1440. The summed E-state index contributed by atoms with van der Waals surface area (Å²) in [5.41, 5.74) is 2.42. The first kappa shape index (κ1) is 45.2. The molecule has 12 unspecified atom stereocenters. The first-order valence-electron chi connectivity index (χ1n) is 19.6. The third-order valence-electron chi connectivity index (χ3n) is 11.1. The number of cyclic esters (lactones) is 1. The molecule has 0 aromatic heterocycles. The summed E-state index contributed by atoms with van der Waals surface area (Å²) < 4.78 is 24.0. The minimum absolute atomic E-state index is 0.0103. The number of esters is 2. The van der Waals surface area contributed by atoms with Gasteiger partial charge in [0.15, 0.2) is 0 Å². The van der Waals surface area contributed by atoms with Gasteiger partial charge in [0.25, 0.3) is 0 Å². The predicted octanol–water partition coefficient (Wildman–Crippen LogP) is 5.99. The van der Waals surface area contributed by atoms with Gasteiger partial charge in [-0.1, -0.05) is 71.1 Å². The normalized spacial score (nSPS) is 34.7. The number of unbranched alkanes of at least 4 members (excludes halogenated alkanes) is 1. The molecule has 3 heterocycles. The number of ketones is 2. The molecule has 54 heavy (non-hydrogen) atoms. The van der Waals surface area contributed by atoms with Crippen LogP contribution in [0.5, 0.6) is 0 Å². The maximum Gasteiger partial charge on any atom is 0.309 e. The molecule has 3 aliphatic heterocycles. The van der Waals surface area contributed by atoms with Gasteiger partial charge < -0.3 is 34.3 Å². The van der Waals surface area contributed by atoms with Crippen molar-refractivity contribution in [2.45, 2.75) is 168 Å². The van der Waals surface area contributed by atoms with Gasteiger partial charge in [-0.15, -0.1) is 0 Å². The highest BCUT2D eigenvalue weighted by Gasteiger charge is 2.41. The molecule has 2 fully saturated rings. The maximum absolute atomic E-state index is 13.5. The van der Waals surface area contributed by atoms with Gasteiger partial charge in [0.1, 0.15) is 36.0 Å². The first-order valence-corrected chi connectivity index (χ1v) is 19.6. The second-order valence-corrected chi connectivity index (χ2v) is 15.8. The molecule has 2 saturated heterocycles. The molecule has 11 heteroatoms. The lowest BCUT2D eigenvalue weighted by molar-refractivity contribution is -0.158. The zero-order chi connectivity index (χ0) is 40.3. The zero-order valence-electron chi connectivity index (χ0n) is 33.3. The van der Waals surface area contributed by atoms with Gasteiger partial charge in [-0.25, -0.2) is 0 Å². The minimum Gasteiger partial charge on any atom is -0.455 e. The standard InChI is InChI=1S/C43H64O11/c1-10-11-13-24(2)43(51-31(9)44)25(3)14-12-15-36-37-17-16-33(52-37)21-32(45)19-27(5)34(46)22-35(47)30(8)26(4)18-29(7)41(49)42(50)39-20-28(6)38(53-39)23-40(48)54-36/h12,14-15,18,27-28,30,33,35-39,41-43,47,49-50H,2,7,10-11,13,16-17,19-23H2,1,3-6,8-9H3. The lowest BCUT2D eigenvalue weighted by Crippen LogP contribution is -2.38. The number of rotatable bonds is 8. The van der Waals surface area contributed by atoms with Gasteiger partial charge in [-0.05, 0) is 74.7 Å². The van der Waals surface area contributed by atoms with E-state index < -0.39 is 78.7 Å². The van der Waals surface area contributed by atoms with Gasteiger partial charge >= 0.3 is 11.9 Å². The highest BCUT2D eigenvalue weighted by atomic mass is 16.6. The molecule has 302 valence electrons. The summed E-state index contributed by atoms with van der Waals surface area (Å²) in [5.74, 6) is -2.51. The van der Waals surface area contributed by atoms with Gasteiger partial charge in [-0.2, -0.15) is 0 Å². The van der Waals surface area contributed by atoms with E-state index in [0.717, 1.165) is 24.0 Å². The molecule has 0 saturated carbocycles. The lowest BCUT2D eigenvalue weighted by Gasteiger charge is -2.26. The SMILES string of the molecule is C=C(CCCC)C(OC(C)=O)C(C)=CC=CC1OC(=O)CC2OC(CC2C)C(O)C(O)C(=C)C=C(C)C(C)C(O)CC(=O)C(C)CC(=O)CC2CCC1O2. The van der Waals surface area contributed by atoms with Gasteiger partial charge in [0, 0.05) is 38.0 Å². The first-order chi connectivity index (χ1) is 25.4. The molecule has 0 aliphatic carbocycles. The van der Waals surface area contributed by atoms with Crippen molar-refractivity contribution in [1.82, 2.24) is 0 Å². The van der Waals surface area contributed by atoms with E-state index >= 15 is 0 Å². The van der Waals surface area contributed by atoms with E-state index in [9.17, 15) is 34.5 Å². The number of carbonyl (C=O) groups excluding carboxylic acids is 4. The summed E-state index contributed by atoms with van der Waals surface area (Å²) in [6, 6.07) is 0. The number of aliphatic hydroxyl groups is 3. The number of Topliss-reactive ketones (excluding diaryl/α,β-unsaturated/α-hetero) is 2. The second kappa shape index (κ2) is 21.2. The molecule has 3 N–H and O–H groups in total. The molecule has 0 aromatic carbocycles. The maximum atomic E-state index is 13.5. The molecule has 11 nitrogen and oxygen atoms in total. The quantitative estimate of drug-likeness (QED) is 0.151. The van der Waals surface area contributed by atoms with Crippen LogP contribution in [-0.2, 0) is 38.1 Å². The third kappa shape index (κ3) is 13.2. The van der Waals surface area contributed by atoms with Crippen molar-refractivity contribution in [2.24, 2.45) is 17.8 Å². The van der Waals surface area contributed by atoms with Crippen LogP contribution in [0.4, 0.5) is 0 Å². The highest BCUT2D eigenvalue weighted by molar-refractivity contribution is 5.88. The molecule has 0 aromatic rings. The van der Waals surface area contributed by atoms with E-state index in [1.807, 2.05) is 13.8 Å². The van der Waals surface area contributed by atoms with Crippen LogP contribution in [0.15, 0.2) is 59.8 Å². The van der Waals surface area contributed by atoms with Gasteiger partial charge in [0.2, 0.25) is 0 Å². The Kier molecular flexibility index (Phi) is 17.7. The van der Waals surface area contributed by atoms with Crippen LogP contribution in [0, 0.1) is 17.8 Å². The summed E-state index contributed by atoms with van der Waals surface area (Å²) in [6.07, 6.45) is 3.32. The fourth-order valence-electron chi connectivity index (χ4n) is 7.35. The van der Waals surface area contributed by atoms with E-state index in [2.05, 4.69) is 20.1 Å². The van der Waals surface area contributed by atoms with Crippen molar-refractivity contribution in [2.75, 3.05) is 0 Å². The summed E-state index contributed by atoms with van der Waals surface area (Å²) in [5, 5.41) is 33.0. The average molecular weight is 757 g/mol. The molecule has 3 aliphatic rings. The summed E-state index contributed by atoms with van der Waals surface area (Å²) in [4.78, 5) is 51.6. The summed E-state index contributed by atoms with van der Waals surface area (Å²) in [6.45, 7) is 20.5. The topological polar surface area (TPSA) is 166 Å². The lowest BCUT2D eigenvalue weighted by atomic mass is 9.87. The Balaban J connectivity index is 1.89. The zero-order valence-corrected chi connectivity index (χ0v) is 33.3. The van der Waals surface area contributed by atoms with Crippen molar-refractivity contribution in [3.05, 3.63) is 59.8 Å². The van der Waals surface area contributed by atoms with Crippen molar-refractivity contribution >= 4 is 23.5 Å². The van der Waals surface area contributed by atoms with E-state index in [1.165, 1.54) is 6.92 Å². The van der Waals surface area contributed by atoms with Crippen molar-refractivity contribution in [1.29, 1.82) is 0 Å². The number of fused-ring (bicyclic) bond motifs is 4. The molecular weight excluding hydrogens is 692 g/mol. The molecule has 0 spiro atoms. The molecule has 0 radical (unpaired) electrons. The van der Waals surface area contributed by atoms with Gasteiger partial charge in [0.05, 0.1) is 36.9 Å². The Morgan fingerprint density at radius 3 is 2.37 bits per heavy atom. The number of carbonyl (C=O) groups is 4. The number of allylic oxidation sites excluding steroid dienone is 2. The third-order valence-corrected chi connectivity index (χ3v) is 11.1. The van der Waals surface area contributed by atoms with Crippen molar-refractivity contribution in [3.8, 4) is 0 Å².